The number of ether oxygens (including phenoxy) is 1. The maximum atomic E-state index is 13.1. The number of hydrogen-bond donors (Lipinski definition) is 1. The molecule has 0 aliphatic carbocycles. The van der Waals surface area contributed by atoms with E-state index in [1.54, 1.807) is 10.9 Å². The molecule has 10 nitrogen and oxygen atoms in total. The lowest BCUT2D eigenvalue weighted by Crippen LogP contribution is -2.43. The minimum absolute atomic E-state index is 0.0623. The normalized spacial score (nSPS) is 15.6. The average molecular weight is 492 g/mol. The molecule has 36 heavy (non-hydrogen) atoms. The number of hydrogen-bond acceptors (Lipinski definition) is 8. The fourth-order valence-corrected chi connectivity index (χ4v) is 4.86. The van der Waals surface area contributed by atoms with E-state index in [-0.39, 0.29) is 11.6 Å². The first-order chi connectivity index (χ1) is 17.6. The molecule has 3 aromatic heterocycles. The van der Waals surface area contributed by atoms with Gasteiger partial charge in [-0.3, -0.25) is 14.6 Å². The molecular weight excluding hydrogens is 458 g/mol. The number of tetrazole rings is 1. The summed E-state index contributed by atoms with van der Waals surface area (Å²) in [7, 11) is 0. The van der Waals surface area contributed by atoms with Gasteiger partial charge in [-0.25, -0.2) is 4.68 Å². The Labute approximate surface area is 209 Å². The number of rotatable bonds is 10. The summed E-state index contributed by atoms with van der Waals surface area (Å²) in [5.74, 6) is 1.56. The zero-order valence-electron chi connectivity index (χ0n) is 20.9. The number of aromatic nitrogens is 5. The Balaban J connectivity index is 1.45. The van der Waals surface area contributed by atoms with Gasteiger partial charge < -0.3 is 14.1 Å². The van der Waals surface area contributed by atoms with Crippen LogP contribution in [-0.2, 0) is 17.8 Å². The third-order valence-corrected chi connectivity index (χ3v) is 6.83. The number of morpholine rings is 1. The summed E-state index contributed by atoms with van der Waals surface area (Å²) in [6, 6.07) is 11.8. The largest absolute Gasteiger partial charge is 0.467 e. The first-order valence-electron chi connectivity index (χ1n) is 12.6. The maximum Gasteiger partial charge on any atom is 0.252 e. The van der Waals surface area contributed by atoms with E-state index in [1.807, 2.05) is 30.3 Å². The van der Waals surface area contributed by atoms with Crippen molar-refractivity contribution in [2.24, 2.45) is 0 Å². The molecule has 1 aliphatic heterocycles. The van der Waals surface area contributed by atoms with Crippen molar-refractivity contribution >= 4 is 10.9 Å². The van der Waals surface area contributed by atoms with Gasteiger partial charge in [0.05, 0.1) is 25.5 Å². The van der Waals surface area contributed by atoms with Crippen molar-refractivity contribution < 1.29 is 9.15 Å². The molecule has 4 heterocycles. The van der Waals surface area contributed by atoms with Crippen LogP contribution in [0.25, 0.3) is 10.9 Å². The van der Waals surface area contributed by atoms with E-state index in [2.05, 4.69) is 50.2 Å². The van der Waals surface area contributed by atoms with Crippen LogP contribution in [0.4, 0.5) is 0 Å². The fourth-order valence-electron chi connectivity index (χ4n) is 4.86. The number of benzene rings is 1. The molecule has 1 fully saturated rings. The van der Waals surface area contributed by atoms with Gasteiger partial charge in [0.15, 0.2) is 5.82 Å². The standard InChI is InChI=1S/C26H33N7O3/c1-3-24(25-28-29-30-33(25)18-22-5-4-12-36-22)32(9-8-31-10-13-35-14-11-31)17-21-16-20-15-19(2)6-7-23(20)27-26(21)34/h4-7,12,15-16,24H,3,8-11,13-14,17-18H2,1-2H3,(H,27,34)/t24-/m0/s1. The van der Waals surface area contributed by atoms with Gasteiger partial charge in [-0.15, -0.1) is 5.10 Å². The predicted octanol–water partition coefficient (Wildman–Crippen LogP) is 2.75. The molecule has 1 N–H and O–H groups in total. The number of pyridine rings is 1. The third-order valence-electron chi connectivity index (χ3n) is 6.83. The molecule has 0 unspecified atom stereocenters. The molecular formula is C26H33N7O3. The fraction of sp³-hybridized carbons (Fsp3) is 0.462. The van der Waals surface area contributed by atoms with Crippen LogP contribution in [0.2, 0.25) is 0 Å². The molecule has 1 saturated heterocycles. The monoisotopic (exact) mass is 491 g/mol. The summed E-state index contributed by atoms with van der Waals surface area (Å²) >= 11 is 0. The molecule has 190 valence electrons. The predicted molar refractivity (Wildman–Crippen MR) is 136 cm³/mol. The Kier molecular flexibility index (Phi) is 7.55. The quantitative estimate of drug-likeness (QED) is 0.361. The number of aryl methyl sites for hydroxylation is 1. The Morgan fingerprint density at radius 3 is 2.83 bits per heavy atom. The van der Waals surface area contributed by atoms with E-state index in [1.165, 1.54) is 0 Å². The summed E-state index contributed by atoms with van der Waals surface area (Å²) in [5.41, 5.74) is 2.68. The smallest absolute Gasteiger partial charge is 0.252 e. The highest BCUT2D eigenvalue weighted by Crippen LogP contribution is 2.25. The minimum atomic E-state index is -0.0661. The lowest BCUT2D eigenvalue weighted by molar-refractivity contribution is 0.0291. The van der Waals surface area contributed by atoms with Gasteiger partial charge in [0.25, 0.3) is 5.56 Å². The lowest BCUT2D eigenvalue weighted by atomic mass is 10.1. The van der Waals surface area contributed by atoms with Crippen molar-refractivity contribution in [2.45, 2.75) is 39.4 Å². The highest BCUT2D eigenvalue weighted by Gasteiger charge is 2.27. The van der Waals surface area contributed by atoms with Crippen LogP contribution in [-0.4, -0.2) is 74.4 Å². The zero-order chi connectivity index (χ0) is 24.9. The number of nitrogens with one attached hydrogen (secondary N) is 1. The van der Waals surface area contributed by atoms with E-state index in [0.717, 1.165) is 79.4 Å². The van der Waals surface area contributed by atoms with Gasteiger partial charge in [-0.1, -0.05) is 18.6 Å². The topological polar surface area (TPSA) is 105 Å². The summed E-state index contributed by atoms with van der Waals surface area (Å²) in [6.07, 6.45) is 2.45. The first-order valence-corrected chi connectivity index (χ1v) is 12.6. The van der Waals surface area contributed by atoms with Gasteiger partial charge in [-0.2, -0.15) is 0 Å². The van der Waals surface area contributed by atoms with Crippen molar-refractivity contribution in [2.75, 3.05) is 39.4 Å². The molecule has 0 radical (unpaired) electrons. The Hall–Kier alpha value is -3.34. The molecule has 0 spiro atoms. The highest BCUT2D eigenvalue weighted by molar-refractivity contribution is 5.79. The van der Waals surface area contributed by atoms with Crippen LogP contribution in [0, 0.1) is 6.92 Å². The van der Waals surface area contributed by atoms with Gasteiger partial charge >= 0.3 is 0 Å². The molecule has 0 bridgehead atoms. The molecule has 0 saturated carbocycles. The van der Waals surface area contributed by atoms with Gasteiger partial charge in [0.2, 0.25) is 0 Å². The minimum Gasteiger partial charge on any atom is -0.467 e. The van der Waals surface area contributed by atoms with Crippen LogP contribution in [0.1, 0.15) is 42.1 Å². The van der Waals surface area contributed by atoms with Crippen molar-refractivity contribution in [3.8, 4) is 0 Å². The van der Waals surface area contributed by atoms with Crippen LogP contribution in [0.5, 0.6) is 0 Å². The second-order valence-electron chi connectivity index (χ2n) is 9.34. The second kappa shape index (κ2) is 11.2. The van der Waals surface area contributed by atoms with E-state index in [9.17, 15) is 4.79 Å². The Morgan fingerprint density at radius 2 is 2.06 bits per heavy atom. The van der Waals surface area contributed by atoms with E-state index in [4.69, 9.17) is 9.15 Å². The molecule has 1 aromatic carbocycles. The second-order valence-corrected chi connectivity index (χ2v) is 9.34. The SMILES string of the molecule is CC[C@@H](c1nnnn1Cc1ccco1)N(CCN1CCOCC1)Cc1cc2cc(C)ccc2[nH]c1=O. The van der Waals surface area contributed by atoms with Crippen LogP contribution < -0.4 is 5.56 Å². The van der Waals surface area contributed by atoms with Gasteiger partial charge in [0, 0.05) is 43.8 Å². The lowest BCUT2D eigenvalue weighted by Gasteiger charge is -2.33. The van der Waals surface area contributed by atoms with Crippen LogP contribution in [0.15, 0.2) is 51.9 Å². The summed E-state index contributed by atoms with van der Waals surface area (Å²) in [5, 5.41) is 13.7. The van der Waals surface area contributed by atoms with Crippen LogP contribution >= 0.6 is 0 Å². The van der Waals surface area contributed by atoms with E-state index < -0.39 is 0 Å². The molecule has 1 aliphatic rings. The first kappa shape index (κ1) is 24.4. The number of furan rings is 1. The summed E-state index contributed by atoms with van der Waals surface area (Å²) in [6.45, 7) is 10.1. The molecule has 1 atom stereocenters. The molecule has 0 amide bonds. The van der Waals surface area contributed by atoms with Gasteiger partial charge in [-0.05, 0) is 59.5 Å². The van der Waals surface area contributed by atoms with Crippen molar-refractivity contribution in [1.82, 2.24) is 35.0 Å². The van der Waals surface area contributed by atoms with Crippen LogP contribution in [0.3, 0.4) is 0 Å². The van der Waals surface area contributed by atoms with Crippen molar-refractivity contribution in [3.63, 3.8) is 0 Å². The molecule has 10 heteroatoms. The zero-order valence-corrected chi connectivity index (χ0v) is 20.9. The maximum absolute atomic E-state index is 13.1. The Morgan fingerprint density at radius 1 is 1.19 bits per heavy atom. The average Bonchev–Trinajstić information content (AvgIpc) is 3.57. The van der Waals surface area contributed by atoms with Crippen molar-refractivity contribution in [3.05, 3.63) is 75.7 Å². The summed E-state index contributed by atoms with van der Waals surface area (Å²) in [4.78, 5) is 20.9. The molecule has 5 rings (SSSR count). The number of aromatic amines is 1. The number of fused-ring (bicyclic) bond motifs is 1. The van der Waals surface area contributed by atoms with E-state index >= 15 is 0 Å². The third kappa shape index (κ3) is 5.56. The number of H-pyrrole nitrogens is 1. The van der Waals surface area contributed by atoms with Gasteiger partial charge in [0.1, 0.15) is 12.3 Å². The van der Waals surface area contributed by atoms with E-state index in [0.29, 0.717) is 13.1 Å². The molecule has 4 aromatic rings. The summed E-state index contributed by atoms with van der Waals surface area (Å²) < 4.78 is 12.8. The number of nitrogens with zero attached hydrogens (tertiary/aromatic N) is 6. The van der Waals surface area contributed by atoms with Crippen molar-refractivity contribution in [1.29, 1.82) is 0 Å². The highest BCUT2D eigenvalue weighted by atomic mass is 16.5. The Bertz CT molecular complexity index is 1330.